The molecule has 1 aliphatic rings. The van der Waals surface area contributed by atoms with Gasteiger partial charge in [0.1, 0.15) is 5.75 Å². The summed E-state index contributed by atoms with van der Waals surface area (Å²) < 4.78 is 5.46. The van der Waals surface area contributed by atoms with Crippen molar-refractivity contribution < 1.29 is 9.53 Å². The summed E-state index contributed by atoms with van der Waals surface area (Å²) in [5.74, 6) is 0.895. The number of benzene rings is 1. The highest BCUT2D eigenvalue weighted by Crippen LogP contribution is 2.34. The first kappa shape index (κ1) is 16.3. The van der Waals surface area contributed by atoms with Gasteiger partial charge in [0.15, 0.2) is 0 Å². The molecule has 0 saturated carbocycles. The smallest absolute Gasteiger partial charge is 0.227 e. The highest BCUT2D eigenvalue weighted by atomic mass is 16.5. The zero-order valence-electron chi connectivity index (χ0n) is 14.2. The van der Waals surface area contributed by atoms with Crippen molar-refractivity contribution in [3.63, 3.8) is 0 Å². The maximum Gasteiger partial charge on any atom is 0.227 e. The van der Waals surface area contributed by atoms with E-state index in [1.54, 1.807) is 19.5 Å². The van der Waals surface area contributed by atoms with E-state index in [1.807, 2.05) is 35.2 Å². The molecule has 5 nitrogen and oxygen atoms in total. The SMILES string of the molecule is COc1ccc(NC(C)c2ccncc2)cc1N1CCCCC1=O. The number of ether oxygens (including phenoxy) is 1. The van der Waals surface area contributed by atoms with Gasteiger partial charge in [-0.2, -0.15) is 0 Å². The quantitative estimate of drug-likeness (QED) is 0.909. The van der Waals surface area contributed by atoms with Gasteiger partial charge in [0.25, 0.3) is 0 Å². The minimum absolute atomic E-state index is 0.145. The molecule has 0 spiro atoms. The third-order valence-electron chi connectivity index (χ3n) is 4.38. The molecular formula is C19H23N3O2. The standard InChI is InChI=1S/C19H23N3O2/c1-14(15-8-10-20-11-9-15)21-16-6-7-18(24-2)17(13-16)22-12-4-3-5-19(22)23/h6-11,13-14,21H,3-5,12H2,1-2H3. The van der Waals surface area contributed by atoms with Gasteiger partial charge in [0.2, 0.25) is 5.91 Å². The van der Waals surface area contributed by atoms with Crippen molar-refractivity contribution in [3.05, 3.63) is 48.3 Å². The molecule has 1 aliphatic heterocycles. The molecule has 1 N–H and O–H groups in total. The predicted octanol–water partition coefficient (Wildman–Crippen LogP) is 3.78. The van der Waals surface area contributed by atoms with Crippen molar-refractivity contribution in [1.82, 2.24) is 4.98 Å². The number of anilines is 2. The van der Waals surface area contributed by atoms with E-state index in [9.17, 15) is 4.79 Å². The fraction of sp³-hybridized carbons (Fsp3) is 0.368. The molecule has 2 aromatic rings. The lowest BCUT2D eigenvalue weighted by molar-refractivity contribution is -0.119. The summed E-state index contributed by atoms with van der Waals surface area (Å²) in [5, 5.41) is 3.48. The molecule has 1 aromatic carbocycles. The van der Waals surface area contributed by atoms with Crippen molar-refractivity contribution in [3.8, 4) is 5.75 Å². The van der Waals surface area contributed by atoms with Gasteiger partial charge < -0.3 is 15.0 Å². The third-order valence-corrected chi connectivity index (χ3v) is 4.38. The van der Waals surface area contributed by atoms with Gasteiger partial charge >= 0.3 is 0 Å². The number of hydrogen-bond acceptors (Lipinski definition) is 4. The van der Waals surface area contributed by atoms with Crippen LogP contribution in [0.1, 0.15) is 37.8 Å². The lowest BCUT2D eigenvalue weighted by atomic mass is 10.1. The van der Waals surface area contributed by atoms with Crippen LogP contribution in [-0.2, 0) is 4.79 Å². The Morgan fingerprint density at radius 2 is 2.00 bits per heavy atom. The molecule has 1 saturated heterocycles. The van der Waals surface area contributed by atoms with Crippen LogP contribution in [0.3, 0.4) is 0 Å². The summed E-state index contributed by atoms with van der Waals surface area (Å²) in [4.78, 5) is 18.2. The molecule has 1 amide bonds. The van der Waals surface area contributed by atoms with E-state index in [0.717, 1.165) is 42.1 Å². The van der Waals surface area contributed by atoms with Crippen LogP contribution in [0.2, 0.25) is 0 Å². The Morgan fingerprint density at radius 1 is 1.21 bits per heavy atom. The van der Waals surface area contributed by atoms with Crippen LogP contribution in [0.4, 0.5) is 11.4 Å². The Morgan fingerprint density at radius 3 is 2.71 bits per heavy atom. The van der Waals surface area contributed by atoms with Crippen LogP contribution >= 0.6 is 0 Å². The van der Waals surface area contributed by atoms with Gasteiger partial charge in [-0.15, -0.1) is 0 Å². The van der Waals surface area contributed by atoms with Crippen LogP contribution in [0.25, 0.3) is 0 Å². The summed E-state index contributed by atoms with van der Waals surface area (Å²) >= 11 is 0. The first-order chi connectivity index (χ1) is 11.7. The number of hydrogen-bond donors (Lipinski definition) is 1. The molecule has 0 bridgehead atoms. The first-order valence-corrected chi connectivity index (χ1v) is 8.34. The monoisotopic (exact) mass is 325 g/mol. The fourth-order valence-electron chi connectivity index (χ4n) is 3.04. The summed E-state index contributed by atoms with van der Waals surface area (Å²) in [6, 6.07) is 10.0. The van der Waals surface area contributed by atoms with Crippen LogP contribution in [-0.4, -0.2) is 24.5 Å². The van der Waals surface area contributed by atoms with E-state index in [1.165, 1.54) is 0 Å². The number of piperidine rings is 1. The van der Waals surface area contributed by atoms with Crippen LogP contribution < -0.4 is 15.0 Å². The number of amides is 1. The number of rotatable bonds is 5. The van der Waals surface area contributed by atoms with E-state index in [4.69, 9.17) is 4.74 Å². The first-order valence-electron chi connectivity index (χ1n) is 8.34. The van der Waals surface area contributed by atoms with Crippen LogP contribution in [0.15, 0.2) is 42.7 Å². The molecule has 5 heteroatoms. The highest BCUT2D eigenvalue weighted by Gasteiger charge is 2.23. The minimum atomic E-state index is 0.145. The molecule has 3 rings (SSSR count). The van der Waals surface area contributed by atoms with Gasteiger partial charge in [0, 0.05) is 37.1 Å². The topological polar surface area (TPSA) is 54.5 Å². The highest BCUT2D eigenvalue weighted by molar-refractivity contribution is 5.96. The van der Waals surface area contributed by atoms with Crippen molar-refractivity contribution >= 4 is 17.3 Å². The van der Waals surface area contributed by atoms with Crippen LogP contribution in [0, 0.1) is 0 Å². The Kier molecular flexibility index (Phi) is 4.99. The number of nitrogens with zero attached hydrogens (tertiary/aromatic N) is 2. The van der Waals surface area contributed by atoms with E-state index in [0.29, 0.717) is 6.42 Å². The largest absolute Gasteiger partial charge is 0.495 e. The van der Waals surface area contributed by atoms with E-state index < -0.39 is 0 Å². The number of methoxy groups -OCH3 is 1. The number of carbonyl (C=O) groups excluding carboxylic acids is 1. The molecule has 1 atom stereocenters. The third kappa shape index (κ3) is 3.50. The molecule has 1 unspecified atom stereocenters. The molecule has 126 valence electrons. The molecule has 1 fully saturated rings. The second kappa shape index (κ2) is 7.34. The lowest BCUT2D eigenvalue weighted by Gasteiger charge is -2.29. The summed E-state index contributed by atoms with van der Waals surface area (Å²) in [7, 11) is 1.64. The van der Waals surface area contributed by atoms with E-state index in [2.05, 4.69) is 17.2 Å². The van der Waals surface area contributed by atoms with Crippen molar-refractivity contribution in [2.45, 2.75) is 32.2 Å². The molecule has 0 radical (unpaired) electrons. The Labute approximate surface area is 142 Å². The molecule has 0 aliphatic carbocycles. The number of nitrogens with one attached hydrogen (secondary N) is 1. The number of pyridine rings is 1. The number of carbonyl (C=O) groups is 1. The maximum atomic E-state index is 12.3. The van der Waals surface area contributed by atoms with Gasteiger partial charge in [-0.05, 0) is 55.7 Å². The number of aromatic nitrogens is 1. The van der Waals surface area contributed by atoms with Gasteiger partial charge in [-0.3, -0.25) is 9.78 Å². The van der Waals surface area contributed by atoms with Crippen LogP contribution in [0.5, 0.6) is 5.75 Å². The molecule has 1 aromatic heterocycles. The van der Waals surface area contributed by atoms with Gasteiger partial charge in [-0.1, -0.05) is 0 Å². The Hall–Kier alpha value is -2.56. The fourth-order valence-corrected chi connectivity index (χ4v) is 3.04. The second-order valence-electron chi connectivity index (χ2n) is 6.04. The van der Waals surface area contributed by atoms with E-state index >= 15 is 0 Å². The summed E-state index contributed by atoms with van der Waals surface area (Å²) in [6.45, 7) is 2.85. The maximum absolute atomic E-state index is 12.3. The molecule has 24 heavy (non-hydrogen) atoms. The van der Waals surface area contributed by atoms with Crippen molar-refractivity contribution in [2.75, 3.05) is 23.9 Å². The minimum Gasteiger partial charge on any atom is -0.495 e. The predicted molar refractivity (Wildman–Crippen MR) is 95.5 cm³/mol. The van der Waals surface area contributed by atoms with Gasteiger partial charge in [-0.25, -0.2) is 0 Å². The van der Waals surface area contributed by atoms with Gasteiger partial charge in [0.05, 0.1) is 12.8 Å². The normalized spacial score (nSPS) is 15.9. The van der Waals surface area contributed by atoms with Crippen molar-refractivity contribution in [1.29, 1.82) is 0 Å². The zero-order chi connectivity index (χ0) is 16.9. The lowest BCUT2D eigenvalue weighted by Crippen LogP contribution is -2.35. The van der Waals surface area contributed by atoms with E-state index in [-0.39, 0.29) is 11.9 Å². The average molecular weight is 325 g/mol. The average Bonchev–Trinajstić information content (AvgIpc) is 2.63. The zero-order valence-corrected chi connectivity index (χ0v) is 14.2. The molecular weight excluding hydrogens is 302 g/mol. The summed E-state index contributed by atoms with van der Waals surface area (Å²) in [6.07, 6.45) is 6.18. The Bertz CT molecular complexity index is 703. The van der Waals surface area contributed by atoms with Crippen molar-refractivity contribution in [2.24, 2.45) is 0 Å². The Balaban J connectivity index is 1.84. The summed E-state index contributed by atoms with van der Waals surface area (Å²) in [5.41, 5.74) is 2.97. The second-order valence-corrected chi connectivity index (χ2v) is 6.04. The molecule has 2 heterocycles.